The second-order valence-electron chi connectivity index (χ2n) is 8.41. The Bertz CT molecular complexity index is 1480. The van der Waals surface area contributed by atoms with Crippen LogP contribution in [0.4, 0.5) is 11.8 Å². The van der Waals surface area contributed by atoms with Crippen LogP contribution < -0.4 is 9.80 Å². The zero-order chi connectivity index (χ0) is 20.6. The molecular formula is C26H22N2O2. The summed E-state index contributed by atoms with van der Waals surface area (Å²) in [6, 6.07) is 21.8. The van der Waals surface area contributed by atoms with Gasteiger partial charge < -0.3 is 18.6 Å². The summed E-state index contributed by atoms with van der Waals surface area (Å²) in [5, 5.41) is 9.62. The lowest BCUT2D eigenvalue weighted by molar-refractivity contribution is 0.610. The molecule has 148 valence electrons. The van der Waals surface area contributed by atoms with Gasteiger partial charge in [0.15, 0.2) is 11.8 Å². The van der Waals surface area contributed by atoms with Gasteiger partial charge in [-0.25, -0.2) is 0 Å². The highest BCUT2D eigenvalue weighted by Crippen LogP contribution is 2.37. The third-order valence-electron chi connectivity index (χ3n) is 5.96. The van der Waals surface area contributed by atoms with Crippen LogP contribution in [-0.4, -0.2) is 28.2 Å². The van der Waals surface area contributed by atoms with Crippen molar-refractivity contribution in [2.75, 3.05) is 38.0 Å². The van der Waals surface area contributed by atoms with Crippen LogP contribution in [-0.2, 0) is 0 Å². The lowest BCUT2D eigenvalue weighted by Crippen LogP contribution is -2.06. The zero-order valence-electron chi connectivity index (χ0n) is 17.5. The van der Waals surface area contributed by atoms with E-state index < -0.39 is 0 Å². The van der Waals surface area contributed by atoms with E-state index in [1.807, 2.05) is 38.0 Å². The molecule has 6 rings (SSSR count). The van der Waals surface area contributed by atoms with Crippen molar-refractivity contribution < 1.29 is 8.83 Å². The molecule has 0 fully saturated rings. The molecule has 4 nitrogen and oxygen atoms in total. The molecule has 4 aromatic carbocycles. The molecule has 0 unspecified atom stereocenters. The maximum Gasteiger partial charge on any atom is 0.196 e. The highest BCUT2D eigenvalue weighted by atomic mass is 16.4. The summed E-state index contributed by atoms with van der Waals surface area (Å²) in [6.07, 6.45) is 0. The van der Waals surface area contributed by atoms with Gasteiger partial charge >= 0.3 is 0 Å². The van der Waals surface area contributed by atoms with Crippen LogP contribution in [0, 0.1) is 0 Å². The van der Waals surface area contributed by atoms with Gasteiger partial charge in [0.05, 0.1) is 0 Å². The smallest absolute Gasteiger partial charge is 0.196 e. The molecule has 0 saturated heterocycles. The van der Waals surface area contributed by atoms with E-state index in [-0.39, 0.29) is 0 Å². The molecule has 0 aliphatic rings. The van der Waals surface area contributed by atoms with Gasteiger partial charge in [0.1, 0.15) is 11.2 Å². The molecule has 0 spiro atoms. The van der Waals surface area contributed by atoms with E-state index in [2.05, 4.69) is 60.7 Å². The average Bonchev–Trinajstić information content (AvgIpc) is 3.33. The second-order valence-corrected chi connectivity index (χ2v) is 8.41. The number of hydrogen-bond acceptors (Lipinski definition) is 4. The molecule has 0 atom stereocenters. The SMILES string of the molecule is CN(C)c1cc2cc3c(ccc4c5cc6cc(N(C)C)oc6cc5ccc34)cc2o1. The Morgan fingerprint density at radius 3 is 1.30 bits per heavy atom. The predicted octanol–water partition coefficient (Wildman–Crippen LogP) is 6.77. The van der Waals surface area contributed by atoms with Gasteiger partial charge in [-0.15, -0.1) is 0 Å². The van der Waals surface area contributed by atoms with E-state index in [9.17, 15) is 0 Å². The monoisotopic (exact) mass is 394 g/mol. The lowest BCUT2D eigenvalue weighted by atomic mass is 9.96. The van der Waals surface area contributed by atoms with Crippen molar-refractivity contribution in [3.8, 4) is 0 Å². The third kappa shape index (κ3) is 2.40. The Balaban J connectivity index is 1.66. The molecule has 2 heterocycles. The standard InChI is InChI=1S/C26H22N2O2/c1-27(2)25-13-17-9-21-15(11-23(17)29-25)5-7-20-19(21)8-6-16-12-24-18(10-22(16)20)14-26(30-24)28(3)4/h5-14H,1-4H3. The lowest BCUT2D eigenvalue weighted by Gasteiger charge is -2.08. The number of nitrogens with zero attached hydrogens (tertiary/aromatic N) is 2. The van der Waals surface area contributed by atoms with Crippen LogP contribution in [0.3, 0.4) is 0 Å². The van der Waals surface area contributed by atoms with Gasteiger partial charge in [-0.3, -0.25) is 0 Å². The van der Waals surface area contributed by atoms with E-state index in [0.29, 0.717) is 0 Å². The van der Waals surface area contributed by atoms with Crippen molar-refractivity contribution in [1.82, 2.24) is 0 Å². The summed E-state index contributed by atoms with van der Waals surface area (Å²) in [7, 11) is 7.99. The minimum absolute atomic E-state index is 0.870. The molecule has 6 aromatic rings. The van der Waals surface area contributed by atoms with E-state index in [1.165, 1.54) is 32.3 Å². The number of fused-ring (bicyclic) bond motifs is 7. The summed E-state index contributed by atoms with van der Waals surface area (Å²) >= 11 is 0. The summed E-state index contributed by atoms with van der Waals surface area (Å²) in [5.74, 6) is 1.74. The molecule has 30 heavy (non-hydrogen) atoms. The highest BCUT2D eigenvalue weighted by molar-refractivity contribution is 6.20. The van der Waals surface area contributed by atoms with Crippen molar-refractivity contribution in [3.05, 3.63) is 60.7 Å². The fourth-order valence-corrected chi connectivity index (χ4v) is 4.36. The summed E-state index contributed by atoms with van der Waals surface area (Å²) in [6.45, 7) is 0. The zero-order valence-corrected chi connectivity index (χ0v) is 17.5. The van der Waals surface area contributed by atoms with Crippen molar-refractivity contribution >= 4 is 66.0 Å². The minimum atomic E-state index is 0.870. The van der Waals surface area contributed by atoms with E-state index in [4.69, 9.17) is 8.83 Å². The molecule has 0 saturated carbocycles. The van der Waals surface area contributed by atoms with Gasteiger partial charge in [-0.2, -0.15) is 0 Å². The van der Waals surface area contributed by atoms with Crippen LogP contribution in [0.5, 0.6) is 0 Å². The molecule has 0 radical (unpaired) electrons. The van der Waals surface area contributed by atoms with Gasteiger partial charge in [0, 0.05) is 51.1 Å². The first-order chi connectivity index (χ1) is 14.5. The predicted molar refractivity (Wildman–Crippen MR) is 127 cm³/mol. The number of rotatable bonds is 2. The van der Waals surface area contributed by atoms with Crippen molar-refractivity contribution in [3.63, 3.8) is 0 Å². The quantitative estimate of drug-likeness (QED) is 0.303. The van der Waals surface area contributed by atoms with Gasteiger partial charge in [0.2, 0.25) is 0 Å². The maximum atomic E-state index is 6.00. The van der Waals surface area contributed by atoms with Crippen molar-refractivity contribution in [2.24, 2.45) is 0 Å². The van der Waals surface area contributed by atoms with E-state index in [0.717, 1.165) is 33.7 Å². The minimum Gasteiger partial charge on any atom is -0.441 e. The Labute approximate surface area is 173 Å². The van der Waals surface area contributed by atoms with Crippen LogP contribution in [0.25, 0.3) is 54.3 Å². The number of benzene rings is 4. The summed E-state index contributed by atoms with van der Waals surface area (Å²) in [5.41, 5.74) is 1.84. The molecule has 0 aliphatic carbocycles. The Morgan fingerprint density at radius 1 is 0.467 bits per heavy atom. The van der Waals surface area contributed by atoms with Crippen molar-refractivity contribution in [2.45, 2.75) is 0 Å². The fraction of sp³-hybridized carbons (Fsp3) is 0.154. The number of hydrogen-bond donors (Lipinski definition) is 0. The normalized spacial score (nSPS) is 12.0. The van der Waals surface area contributed by atoms with Crippen LogP contribution in [0.1, 0.15) is 0 Å². The van der Waals surface area contributed by atoms with Crippen LogP contribution >= 0.6 is 0 Å². The highest BCUT2D eigenvalue weighted by Gasteiger charge is 2.12. The Hall–Kier alpha value is -3.66. The first-order valence-corrected chi connectivity index (χ1v) is 10.1. The first-order valence-electron chi connectivity index (χ1n) is 10.1. The topological polar surface area (TPSA) is 32.8 Å². The van der Waals surface area contributed by atoms with Crippen LogP contribution in [0.2, 0.25) is 0 Å². The molecule has 0 bridgehead atoms. The molecular weight excluding hydrogens is 372 g/mol. The molecule has 2 aromatic heterocycles. The average molecular weight is 394 g/mol. The van der Waals surface area contributed by atoms with Crippen LogP contribution in [0.15, 0.2) is 69.5 Å². The largest absolute Gasteiger partial charge is 0.441 e. The van der Waals surface area contributed by atoms with Gasteiger partial charge in [-0.05, 0) is 56.6 Å². The third-order valence-corrected chi connectivity index (χ3v) is 5.96. The molecule has 0 aliphatic heterocycles. The Morgan fingerprint density at radius 2 is 0.900 bits per heavy atom. The molecule has 0 N–H and O–H groups in total. The fourth-order valence-electron chi connectivity index (χ4n) is 4.36. The maximum absolute atomic E-state index is 6.00. The van der Waals surface area contributed by atoms with Gasteiger partial charge in [0.25, 0.3) is 0 Å². The van der Waals surface area contributed by atoms with Crippen molar-refractivity contribution in [1.29, 1.82) is 0 Å². The first kappa shape index (κ1) is 17.2. The van der Waals surface area contributed by atoms with Gasteiger partial charge in [-0.1, -0.05) is 24.3 Å². The Kier molecular flexibility index (Phi) is 3.40. The second kappa shape index (κ2) is 5.92. The van der Waals surface area contributed by atoms with E-state index in [1.54, 1.807) is 0 Å². The summed E-state index contributed by atoms with van der Waals surface area (Å²) in [4.78, 5) is 3.99. The summed E-state index contributed by atoms with van der Waals surface area (Å²) < 4.78 is 12.0. The number of furan rings is 2. The molecule has 0 amide bonds. The molecule has 4 heteroatoms. The van der Waals surface area contributed by atoms with E-state index >= 15 is 0 Å². The number of anilines is 2.